The number of benzene rings is 7. The summed E-state index contributed by atoms with van der Waals surface area (Å²) in [4.78, 5) is 10.2. The van der Waals surface area contributed by atoms with E-state index < -0.39 is 0 Å². The van der Waals surface area contributed by atoms with Gasteiger partial charge in [0, 0.05) is 27.1 Å². The van der Waals surface area contributed by atoms with Gasteiger partial charge in [-0.25, -0.2) is 4.98 Å². The van der Waals surface area contributed by atoms with Crippen molar-refractivity contribution < 1.29 is 0 Å². The van der Waals surface area contributed by atoms with Gasteiger partial charge in [0.2, 0.25) is 0 Å². The van der Waals surface area contributed by atoms with Crippen LogP contribution in [0.15, 0.2) is 134 Å². The average molecular weight is 590 g/mol. The van der Waals surface area contributed by atoms with Gasteiger partial charge in [0.15, 0.2) is 0 Å². The highest BCUT2D eigenvalue weighted by molar-refractivity contribution is 6.23. The molecule has 46 heavy (non-hydrogen) atoms. The van der Waals surface area contributed by atoms with Crippen LogP contribution in [-0.4, -0.2) is 14.5 Å². The van der Waals surface area contributed by atoms with Crippen LogP contribution in [0.4, 0.5) is 0 Å². The first-order chi connectivity index (χ1) is 22.5. The van der Waals surface area contributed by atoms with Crippen LogP contribution in [0.5, 0.6) is 0 Å². The Morgan fingerprint density at radius 1 is 0.457 bits per heavy atom. The summed E-state index contributed by atoms with van der Waals surface area (Å²) in [6.45, 7) is 6.61. The second-order valence-corrected chi connectivity index (χ2v) is 12.5. The third kappa shape index (κ3) is 3.98. The van der Waals surface area contributed by atoms with Crippen LogP contribution in [0.1, 0.15) is 16.7 Å². The Hall–Kier alpha value is -5.80. The summed E-state index contributed by atoms with van der Waals surface area (Å²) < 4.78 is 2.44. The number of hydrogen-bond acceptors (Lipinski definition) is 2. The minimum absolute atomic E-state index is 0.873. The summed E-state index contributed by atoms with van der Waals surface area (Å²) in [6, 6.07) is 45.9. The molecule has 0 unspecified atom stereocenters. The molecular formula is C43H31N3. The Balaban J connectivity index is 1.21. The fourth-order valence-electron chi connectivity index (χ4n) is 7.54. The van der Waals surface area contributed by atoms with E-state index in [9.17, 15) is 0 Å². The maximum Gasteiger partial charge on any atom is 0.0979 e. The highest BCUT2D eigenvalue weighted by Crippen LogP contribution is 2.38. The van der Waals surface area contributed by atoms with Crippen molar-refractivity contribution in [3.63, 3.8) is 0 Å². The monoisotopic (exact) mass is 589 g/mol. The molecule has 0 amide bonds. The lowest BCUT2D eigenvalue weighted by molar-refractivity contribution is 1.11. The van der Waals surface area contributed by atoms with Gasteiger partial charge >= 0.3 is 0 Å². The molecule has 0 saturated heterocycles. The zero-order valence-corrected chi connectivity index (χ0v) is 26.0. The van der Waals surface area contributed by atoms with Crippen molar-refractivity contribution in [1.82, 2.24) is 14.5 Å². The second-order valence-electron chi connectivity index (χ2n) is 12.5. The largest absolute Gasteiger partial charge is 0.309 e. The molecule has 0 aliphatic heterocycles. The molecule has 7 aromatic carbocycles. The molecule has 9 aromatic rings. The number of para-hydroxylation sites is 1. The van der Waals surface area contributed by atoms with Crippen molar-refractivity contribution in [2.45, 2.75) is 20.8 Å². The van der Waals surface area contributed by atoms with Crippen molar-refractivity contribution in [2.24, 2.45) is 0 Å². The Bertz CT molecular complexity index is 2620. The zero-order valence-electron chi connectivity index (χ0n) is 26.0. The van der Waals surface area contributed by atoms with Gasteiger partial charge in [-0.05, 0) is 78.1 Å². The van der Waals surface area contributed by atoms with Crippen molar-refractivity contribution in [2.75, 3.05) is 0 Å². The van der Waals surface area contributed by atoms with Gasteiger partial charge in [-0.2, -0.15) is 0 Å². The van der Waals surface area contributed by atoms with Crippen LogP contribution in [0.3, 0.4) is 0 Å². The summed E-state index contributed by atoms with van der Waals surface area (Å²) in [5, 5.41) is 7.18. The first kappa shape index (κ1) is 26.6. The molecule has 0 atom stereocenters. The van der Waals surface area contributed by atoms with Crippen LogP contribution >= 0.6 is 0 Å². The van der Waals surface area contributed by atoms with E-state index in [1.165, 1.54) is 60.5 Å². The van der Waals surface area contributed by atoms with Gasteiger partial charge in [-0.3, -0.25) is 4.98 Å². The molecule has 0 fully saturated rings. The van der Waals surface area contributed by atoms with Gasteiger partial charge in [0.25, 0.3) is 0 Å². The van der Waals surface area contributed by atoms with E-state index >= 15 is 0 Å². The van der Waals surface area contributed by atoms with Crippen LogP contribution in [0.2, 0.25) is 0 Å². The quantitative estimate of drug-likeness (QED) is 0.192. The summed E-state index contributed by atoms with van der Waals surface area (Å²) >= 11 is 0. The molecule has 0 N–H and O–H groups in total. The molecule has 0 bridgehead atoms. The summed E-state index contributed by atoms with van der Waals surface area (Å²) in [6.07, 6.45) is 1.92. The zero-order chi connectivity index (χ0) is 30.9. The topological polar surface area (TPSA) is 30.7 Å². The van der Waals surface area contributed by atoms with Crippen LogP contribution in [-0.2, 0) is 0 Å². The molecule has 218 valence electrons. The van der Waals surface area contributed by atoms with E-state index in [2.05, 4.69) is 153 Å². The van der Waals surface area contributed by atoms with Crippen molar-refractivity contribution in [3.8, 4) is 28.1 Å². The first-order valence-electron chi connectivity index (χ1n) is 15.8. The molecule has 0 aliphatic rings. The molecule has 3 heteroatoms. The predicted octanol–water partition coefficient (Wildman–Crippen LogP) is 11.3. The van der Waals surface area contributed by atoms with E-state index in [0.717, 1.165) is 38.6 Å². The number of fused-ring (bicyclic) bond motifs is 9. The lowest BCUT2D eigenvalue weighted by atomic mass is 9.98. The van der Waals surface area contributed by atoms with Crippen LogP contribution in [0.25, 0.3) is 82.5 Å². The molecule has 2 heterocycles. The number of hydrogen-bond donors (Lipinski definition) is 0. The lowest BCUT2D eigenvalue weighted by Crippen LogP contribution is -2.00. The predicted molar refractivity (Wildman–Crippen MR) is 194 cm³/mol. The minimum Gasteiger partial charge on any atom is -0.309 e. The molecule has 2 aromatic heterocycles. The Morgan fingerprint density at radius 2 is 1.04 bits per heavy atom. The van der Waals surface area contributed by atoms with Gasteiger partial charge in [0.05, 0.1) is 39.6 Å². The highest BCUT2D eigenvalue weighted by Gasteiger charge is 2.17. The highest BCUT2D eigenvalue weighted by atomic mass is 15.0. The summed E-state index contributed by atoms with van der Waals surface area (Å²) in [5.74, 6) is 0. The van der Waals surface area contributed by atoms with Gasteiger partial charge < -0.3 is 4.57 Å². The molecule has 9 rings (SSSR count). The third-order valence-electron chi connectivity index (χ3n) is 9.45. The molecule has 0 spiro atoms. The van der Waals surface area contributed by atoms with Crippen molar-refractivity contribution in [3.05, 3.63) is 150 Å². The summed E-state index contributed by atoms with van der Waals surface area (Å²) in [7, 11) is 0. The Morgan fingerprint density at radius 3 is 1.78 bits per heavy atom. The molecule has 0 radical (unpaired) electrons. The number of aromatic nitrogens is 3. The fraction of sp³-hybridized carbons (Fsp3) is 0.0698. The second kappa shape index (κ2) is 10.1. The number of rotatable bonds is 3. The lowest BCUT2D eigenvalue weighted by Gasteiger charge is -2.15. The molecule has 3 nitrogen and oxygen atoms in total. The van der Waals surface area contributed by atoms with Gasteiger partial charge in [-0.1, -0.05) is 109 Å². The maximum atomic E-state index is 5.24. The van der Waals surface area contributed by atoms with E-state index in [0.29, 0.717) is 0 Å². The third-order valence-corrected chi connectivity index (χ3v) is 9.45. The fourth-order valence-corrected chi connectivity index (χ4v) is 7.54. The Kier molecular flexibility index (Phi) is 5.85. The molecular weight excluding hydrogens is 558 g/mol. The molecule has 0 saturated carbocycles. The normalized spacial score (nSPS) is 11.8. The van der Waals surface area contributed by atoms with Crippen molar-refractivity contribution >= 4 is 54.4 Å². The maximum absolute atomic E-state index is 5.24. The van der Waals surface area contributed by atoms with E-state index in [-0.39, 0.29) is 0 Å². The SMILES string of the molecule is Cc1cc(C)c(-n2c3ccccc3c3cc(-c4cccc(-c5cnc6c7ccccc7c7ccccc7c6n5)c4)ccc32)c(C)c1. The Labute approximate surface area is 267 Å². The standard InChI is InChI=1S/C43H31N3/c1-26-21-27(2)43(28(3)22-26)46-39-18-9-8-15-34(39)37-24-30(19-20-40(37)46)29-11-10-12-31(23-29)38-25-44-41-35-16-6-4-13-32(35)33-14-5-7-17-36(33)42(41)45-38/h4-25H,1-3H3. The van der Waals surface area contributed by atoms with Gasteiger partial charge in [-0.15, -0.1) is 0 Å². The average Bonchev–Trinajstić information content (AvgIpc) is 3.41. The van der Waals surface area contributed by atoms with Gasteiger partial charge in [0.1, 0.15) is 0 Å². The number of aryl methyl sites for hydroxylation is 3. The first-order valence-corrected chi connectivity index (χ1v) is 15.8. The molecule has 0 aliphatic carbocycles. The van der Waals surface area contributed by atoms with Crippen LogP contribution in [0, 0.1) is 20.8 Å². The van der Waals surface area contributed by atoms with Crippen LogP contribution < -0.4 is 0 Å². The number of nitrogens with zero attached hydrogens (tertiary/aromatic N) is 3. The smallest absolute Gasteiger partial charge is 0.0979 e. The van der Waals surface area contributed by atoms with E-state index in [1.807, 2.05) is 6.20 Å². The van der Waals surface area contributed by atoms with E-state index in [4.69, 9.17) is 9.97 Å². The van der Waals surface area contributed by atoms with Crippen molar-refractivity contribution in [1.29, 1.82) is 0 Å². The van der Waals surface area contributed by atoms with E-state index in [1.54, 1.807) is 0 Å². The minimum atomic E-state index is 0.873. The summed E-state index contributed by atoms with van der Waals surface area (Å²) in [5.41, 5.74) is 13.7.